The molecule has 0 saturated heterocycles. The highest BCUT2D eigenvalue weighted by atomic mass is 35.5. The molecule has 0 aliphatic heterocycles. The molecule has 5 heteroatoms. The molecule has 0 aliphatic carbocycles. The third kappa shape index (κ3) is 6.24. The van der Waals surface area contributed by atoms with E-state index in [1.54, 1.807) is 6.92 Å². The Morgan fingerprint density at radius 2 is 2.25 bits per heavy atom. The second-order valence-electron chi connectivity index (χ2n) is 2.48. The average molecular weight is 197 g/mol. The number of hydrogen-bond donors (Lipinski definition) is 1. The van der Waals surface area contributed by atoms with Crippen molar-refractivity contribution < 1.29 is 19.4 Å². The van der Waals surface area contributed by atoms with Crippen molar-refractivity contribution in [3.63, 3.8) is 0 Å². The van der Waals surface area contributed by atoms with E-state index in [-0.39, 0.29) is 12.0 Å². The highest BCUT2D eigenvalue weighted by molar-refractivity contribution is 6.20. The zero-order chi connectivity index (χ0) is 9.56. The van der Waals surface area contributed by atoms with E-state index >= 15 is 0 Å². The van der Waals surface area contributed by atoms with Gasteiger partial charge in [0.25, 0.3) is 0 Å². The predicted octanol–water partition coefficient (Wildman–Crippen LogP) is 1.71. The van der Waals surface area contributed by atoms with Gasteiger partial charge in [-0.15, -0.1) is 11.6 Å². The maximum Gasteiger partial charge on any atom is 0.506 e. The van der Waals surface area contributed by atoms with Gasteiger partial charge in [0.15, 0.2) is 0 Å². The summed E-state index contributed by atoms with van der Waals surface area (Å²) in [6.07, 6.45) is -1.31. The molecule has 0 radical (unpaired) electrons. The summed E-state index contributed by atoms with van der Waals surface area (Å²) in [7, 11) is 1.48. The number of ether oxygens (including phenoxy) is 2. The van der Waals surface area contributed by atoms with E-state index in [9.17, 15) is 4.79 Å². The Balaban J connectivity index is 3.77. The molecule has 0 rings (SSSR count). The van der Waals surface area contributed by atoms with Crippen LogP contribution in [0.15, 0.2) is 0 Å². The molecule has 0 saturated carbocycles. The van der Waals surface area contributed by atoms with Gasteiger partial charge in [0.2, 0.25) is 0 Å². The van der Waals surface area contributed by atoms with Crippen molar-refractivity contribution in [3.05, 3.63) is 0 Å². The summed E-state index contributed by atoms with van der Waals surface area (Å²) in [4.78, 5) is 10.1. The number of halogens is 1. The smallest absolute Gasteiger partial charge is 0.450 e. The summed E-state index contributed by atoms with van der Waals surface area (Å²) in [6, 6.07) is 0. The summed E-state index contributed by atoms with van der Waals surface area (Å²) in [5.41, 5.74) is 0. The molecule has 12 heavy (non-hydrogen) atoms. The first-order valence-electron chi connectivity index (χ1n) is 3.58. The number of rotatable bonds is 5. The predicted molar refractivity (Wildman–Crippen MR) is 44.7 cm³/mol. The Morgan fingerprint density at radius 1 is 1.67 bits per heavy atom. The van der Waals surface area contributed by atoms with E-state index in [2.05, 4.69) is 4.74 Å². The maximum absolute atomic E-state index is 10.1. The Morgan fingerprint density at radius 3 is 2.58 bits per heavy atom. The molecular weight excluding hydrogens is 184 g/mol. The molecule has 0 aromatic carbocycles. The lowest BCUT2D eigenvalue weighted by atomic mass is 10.2. The van der Waals surface area contributed by atoms with Crippen LogP contribution in [0, 0.1) is 0 Å². The van der Waals surface area contributed by atoms with Crippen molar-refractivity contribution >= 4 is 17.8 Å². The van der Waals surface area contributed by atoms with E-state index in [4.69, 9.17) is 21.4 Å². The SMILES string of the molecule is COCC(CC(C)Cl)OC(=O)O. The average Bonchev–Trinajstić information content (AvgIpc) is 1.84. The fourth-order valence-corrected chi connectivity index (χ4v) is 1.04. The van der Waals surface area contributed by atoms with E-state index in [0.717, 1.165) is 0 Å². The van der Waals surface area contributed by atoms with Crippen molar-refractivity contribution in [1.82, 2.24) is 0 Å². The lowest BCUT2D eigenvalue weighted by Gasteiger charge is -2.15. The third-order valence-electron chi connectivity index (χ3n) is 1.21. The fourth-order valence-electron chi connectivity index (χ4n) is 0.841. The van der Waals surface area contributed by atoms with Gasteiger partial charge in [-0.25, -0.2) is 4.79 Å². The first-order valence-corrected chi connectivity index (χ1v) is 4.02. The molecule has 2 atom stereocenters. The molecule has 0 aromatic rings. The van der Waals surface area contributed by atoms with Crippen molar-refractivity contribution in [1.29, 1.82) is 0 Å². The first-order chi connectivity index (χ1) is 5.56. The molecule has 2 unspecified atom stereocenters. The second-order valence-corrected chi connectivity index (χ2v) is 3.22. The topological polar surface area (TPSA) is 55.8 Å². The monoisotopic (exact) mass is 196 g/mol. The van der Waals surface area contributed by atoms with Crippen molar-refractivity contribution in [3.8, 4) is 0 Å². The summed E-state index contributed by atoms with van der Waals surface area (Å²) >= 11 is 5.66. The van der Waals surface area contributed by atoms with Crippen LogP contribution in [-0.4, -0.2) is 36.5 Å². The minimum Gasteiger partial charge on any atom is -0.450 e. The van der Waals surface area contributed by atoms with Crippen LogP contribution < -0.4 is 0 Å². The first kappa shape index (κ1) is 11.5. The van der Waals surface area contributed by atoms with Gasteiger partial charge >= 0.3 is 6.16 Å². The number of carbonyl (C=O) groups is 1. The van der Waals surface area contributed by atoms with Crippen LogP contribution in [-0.2, 0) is 9.47 Å². The largest absolute Gasteiger partial charge is 0.506 e. The number of carboxylic acid groups (broad SMARTS) is 1. The van der Waals surface area contributed by atoms with E-state index in [1.165, 1.54) is 7.11 Å². The van der Waals surface area contributed by atoms with Gasteiger partial charge in [-0.05, 0) is 6.92 Å². The molecule has 0 fully saturated rings. The number of methoxy groups -OCH3 is 1. The maximum atomic E-state index is 10.1. The Kier molecular flexibility index (Phi) is 5.84. The lowest BCUT2D eigenvalue weighted by molar-refractivity contribution is 0.00849. The summed E-state index contributed by atoms with van der Waals surface area (Å²) < 4.78 is 9.27. The van der Waals surface area contributed by atoms with Crippen molar-refractivity contribution in [2.75, 3.05) is 13.7 Å². The summed E-state index contributed by atoms with van der Waals surface area (Å²) in [6.45, 7) is 2.01. The lowest BCUT2D eigenvalue weighted by Crippen LogP contribution is -2.24. The molecule has 0 heterocycles. The Hall–Kier alpha value is -0.480. The number of alkyl halides is 1. The molecule has 4 nitrogen and oxygen atoms in total. The quantitative estimate of drug-likeness (QED) is 0.537. The van der Waals surface area contributed by atoms with Crippen LogP contribution in [0.1, 0.15) is 13.3 Å². The minimum absolute atomic E-state index is 0.121. The number of hydrogen-bond acceptors (Lipinski definition) is 3. The molecule has 0 aliphatic rings. The summed E-state index contributed by atoms with van der Waals surface area (Å²) in [5, 5.41) is 8.18. The standard InChI is InChI=1S/C7H13ClO4/c1-5(8)3-6(4-11-2)12-7(9)10/h5-6H,3-4H2,1-2H3,(H,9,10). The molecule has 1 N–H and O–H groups in total. The fraction of sp³-hybridized carbons (Fsp3) is 0.857. The van der Waals surface area contributed by atoms with Crippen LogP contribution in [0.5, 0.6) is 0 Å². The molecule has 0 spiro atoms. The van der Waals surface area contributed by atoms with Gasteiger partial charge in [-0.3, -0.25) is 0 Å². The van der Waals surface area contributed by atoms with Gasteiger partial charge in [-0.2, -0.15) is 0 Å². The van der Waals surface area contributed by atoms with Crippen LogP contribution in [0.25, 0.3) is 0 Å². The van der Waals surface area contributed by atoms with Crippen LogP contribution in [0.4, 0.5) is 4.79 Å². The van der Waals surface area contributed by atoms with E-state index < -0.39 is 12.3 Å². The van der Waals surface area contributed by atoms with Crippen LogP contribution >= 0.6 is 11.6 Å². The molecule has 0 aromatic heterocycles. The second kappa shape index (κ2) is 6.08. The van der Waals surface area contributed by atoms with Crippen LogP contribution in [0.3, 0.4) is 0 Å². The van der Waals surface area contributed by atoms with E-state index in [1.807, 2.05) is 0 Å². The van der Waals surface area contributed by atoms with Gasteiger partial charge in [0, 0.05) is 18.9 Å². The molecule has 0 bridgehead atoms. The third-order valence-corrected chi connectivity index (χ3v) is 1.39. The van der Waals surface area contributed by atoms with Crippen molar-refractivity contribution in [2.45, 2.75) is 24.8 Å². The van der Waals surface area contributed by atoms with E-state index in [0.29, 0.717) is 6.42 Å². The van der Waals surface area contributed by atoms with Crippen molar-refractivity contribution in [2.24, 2.45) is 0 Å². The van der Waals surface area contributed by atoms with Crippen LogP contribution in [0.2, 0.25) is 0 Å². The molecule has 0 amide bonds. The summed E-state index contributed by atoms with van der Waals surface area (Å²) in [5.74, 6) is 0. The normalized spacial score (nSPS) is 15.2. The highest BCUT2D eigenvalue weighted by Gasteiger charge is 2.15. The Labute approximate surface area is 76.4 Å². The Bertz CT molecular complexity index is 137. The zero-order valence-corrected chi connectivity index (χ0v) is 7.87. The van der Waals surface area contributed by atoms with Gasteiger partial charge in [0.1, 0.15) is 6.10 Å². The minimum atomic E-state index is -1.30. The van der Waals surface area contributed by atoms with Gasteiger partial charge in [0.05, 0.1) is 6.61 Å². The van der Waals surface area contributed by atoms with Gasteiger partial charge < -0.3 is 14.6 Å². The zero-order valence-electron chi connectivity index (χ0n) is 7.12. The highest BCUT2D eigenvalue weighted by Crippen LogP contribution is 2.08. The molecule has 72 valence electrons. The molecular formula is C7H13ClO4. The van der Waals surface area contributed by atoms with Gasteiger partial charge in [-0.1, -0.05) is 0 Å².